The molecule has 3 aromatic rings. The van der Waals surface area contributed by atoms with Gasteiger partial charge in [-0.25, -0.2) is 0 Å². The second-order valence-corrected chi connectivity index (χ2v) is 5.32. The molecule has 4 heteroatoms. The molecule has 2 N–H and O–H groups in total. The number of hydrogen-bond acceptors (Lipinski definition) is 2. The number of para-hydroxylation sites is 1. The minimum atomic E-state index is 0.478. The Balaban J connectivity index is 1.92. The van der Waals surface area contributed by atoms with E-state index in [1.165, 1.54) is 5.52 Å². The second-order valence-electron chi connectivity index (χ2n) is 4.92. The van der Waals surface area contributed by atoms with Gasteiger partial charge in [0.1, 0.15) is 12.4 Å². The number of fused-ring (bicyclic) bond motifs is 1. The van der Waals surface area contributed by atoms with Crippen LogP contribution in [0.1, 0.15) is 12.6 Å². The number of rotatable bonds is 4. The molecule has 0 saturated heterocycles. The summed E-state index contributed by atoms with van der Waals surface area (Å²) in [7, 11) is 0. The largest absolute Gasteiger partial charge is 0.486 e. The number of ether oxygens (including phenoxy) is 1. The number of nitrogen functional groups attached to an aromatic ring is 1. The normalized spacial score (nSPS) is 11.0. The average Bonchev–Trinajstić information content (AvgIpc) is 2.82. The summed E-state index contributed by atoms with van der Waals surface area (Å²) in [5, 5.41) is 1.76. The predicted molar refractivity (Wildman–Crippen MR) is 87.8 cm³/mol. The van der Waals surface area contributed by atoms with Crippen molar-refractivity contribution in [2.24, 2.45) is 0 Å². The van der Waals surface area contributed by atoms with Gasteiger partial charge in [-0.05, 0) is 43.3 Å². The van der Waals surface area contributed by atoms with Crippen molar-refractivity contribution in [2.45, 2.75) is 20.1 Å². The maximum Gasteiger partial charge on any atom is 0.138 e. The molecule has 0 unspecified atom stereocenters. The van der Waals surface area contributed by atoms with Crippen LogP contribution in [-0.2, 0) is 13.2 Å². The van der Waals surface area contributed by atoms with E-state index in [-0.39, 0.29) is 0 Å². The van der Waals surface area contributed by atoms with Gasteiger partial charge in [-0.15, -0.1) is 0 Å². The summed E-state index contributed by atoms with van der Waals surface area (Å²) in [6, 6.07) is 15.6. The van der Waals surface area contributed by atoms with Crippen LogP contribution >= 0.6 is 11.6 Å². The van der Waals surface area contributed by atoms with Gasteiger partial charge >= 0.3 is 0 Å². The molecule has 0 amide bonds. The van der Waals surface area contributed by atoms with E-state index in [2.05, 4.69) is 17.6 Å². The van der Waals surface area contributed by atoms with Gasteiger partial charge in [0.25, 0.3) is 0 Å². The van der Waals surface area contributed by atoms with E-state index in [0.29, 0.717) is 17.4 Å². The third kappa shape index (κ3) is 2.69. The monoisotopic (exact) mass is 300 g/mol. The van der Waals surface area contributed by atoms with E-state index in [9.17, 15) is 0 Å². The number of aromatic nitrogens is 1. The molecule has 1 heterocycles. The minimum Gasteiger partial charge on any atom is -0.486 e. The van der Waals surface area contributed by atoms with Crippen molar-refractivity contribution < 1.29 is 4.74 Å². The van der Waals surface area contributed by atoms with Crippen LogP contribution in [0.15, 0.2) is 48.5 Å². The molecule has 0 aliphatic carbocycles. The first kappa shape index (κ1) is 13.8. The maximum absolute atomic E-state index is 6.12. The molecule has 0 fully saturated rings. The fraction of sp³-hybridized carbons (Fsp3) is 0.176. The molecule has 0 radical (unpaired) electrons. The lowest BCUT2D eigenvalue weighted by molar-refractivity contribution is 0.296. The average molecular weight is 301 g/mol. The van der Waals surface area contributed by atoms with Gasteiger partial charge in [-0.1, -0.05) is 23.7 Å². The lowest BCUT2D eigenvalue weighted by atomic mass is 10.2. The first-order valence-corrected chi connectivity index (χ1v) is 7.32. The first-order valence-electron chi connectivity index (χ1n) is 6.94. The quantitative estimate of drug-likeness (QED) is 0.722. The summed E-state index contributed by atoms with van der Waals surface area (Å²) in [4.78, 5) is 0. The molecule has 0 bridgehead atoms. The van der Waals surface area contributed by atoms with E-state index in [4.69, 9.17) is 22.1 Å². The number of nitrogens with two attached hydrogens (primary N) is 1. The molecule has 3 nitrogen and oxygen atoms in total. The topological polar surface area (TPSA) is 40.2 Å². The molecule has 0 atom stereocenters. The van der Waals surface area contributed by atoms with Crippen molar-refractivity contribution in [1.82, 2.24) is 4.57 Å². The van der Waals surface area contributed by atoms with Gasteiger partial charge in [0, 0.05) is 23.1 Å². The van der Waals surface area contributed by atoms with Crippen molar-refractivity contribution in [1.29, 1.82) is 0 Å². The van der Waals surface area contributed by atoms with Crippen LogP contribution in [-0.4, -0.2) is 4.57 Å². The Kier molecular flexibility index (Phi) is 3.76. The zero-order valence-corrected chi connectivity index (χ0v) is 12.6. The van der Waals surface area contributed by atoms with Gasteiger partial charge in [0.2, 0.25) is 0 Å². The van der Waals surface area contributed by atoms with Crippen molar-refractivity contribution >= 4 is 28.2 Å². The van der Waals surface area contributed by atoms with Crippen molar-refractivity contribution in [2.75, 3.05) is 5.73 Å². The van der Waals surface area contributed by atoms with Gasteiger partial charge in [0.05, 0.1) is 10.7 Å². The summed E-state index contributed by atoms with van der Waals surface area (Å²) >= 11 is 6.12. The lowest BCUT2D eigenvalue weighted by Gasteiger charge is -2.10. The smallest absolute Gasteiger partial charge is 0.138 e. The van der Waals surface area contributed by atoms with E-state index in [1.54, 1.807) is 0 Å². The molecule has 0 saturated carbocycles. The molecular formula is C17H17ClN2O. The van der Waals surface area contributed by atoms with Crippen LogP contribution < -0.4 is 10.5 Å². The number of hydrogen-bond donors (Lipinski definition) is 1. The summed E-state index contributed by atoms with van der Waals surface area (Å²) < 4.78 is 8.07. The van der Waals surface area contributed by atoms with Crippen LogP contribution in [0.4, 0.5) is 5.69 Å². The summed E-state index contributed by atoms with van der Waals surface area (Å²) in [6.45, 7) is 3.48. The molecule has 108 valence electrons. The van der Waals surface area contributed by atoms with E-state index in [1.807, 2.05) is 42.5 Å². The predicted octanol–water partition coefficient (Wildman–Crippen LogP) is 4.48. The zero-order chi connectivity index (χ0) is 14.8. The third-order valence-electron chi connectivity index (χ3n) is 3.54. The van der Waals surface area contributed by atoms with Gasteiger partial charge in [-0.2, -0.15) is 0 Å². The van der Waals surface area contributed by atoms with Crippen LogP contribution in [0, 0.1) is 0 Å². The SMILES string of the molecule is CCn1c(COc2ccccc2Cl)cc2cc(N)ccc21. The third-order valence-corrected chi connectivity index (χ3v) is 3.85. The molecule has 0 aliphatic rings. The number of nitrogens with zero attached hydrogens (tertiary/aromatic N) is 1. The van der Waals surface area contributed by atoms with Crippen molar-refractivity contribution in [3.8, 4) is 5.75 Å². The first-order chi connectivity index (χ1) is 10.2. The fourth-order valence-corrected chi connectivity index (χ4v) is 2.74. The zero-order valence-electron chi connectivity index (χ0n) is 11.8. The molecule has 0 spiro atoms. The highest BCUT2D eigenvalue weighted by Gasteiger charge is 2.09. The Morgan fingerprint density at radius 1 is 1.14 bits per heavy atom. The highest BCUT2D eigenvalue weighted by atomic mass is 35.5. The number of anilines is 1. The van der Waals surface area contributed by atoms with Crippen molar-refractivity contribution in [3.63, 3.8) is 0 Å². The molecule has 0 aliphatic heterocycles. The van der Waals surface area contributed by atoms with Crippen LogP contribution in [0.2, 0.25) is 5.02 Å². The highest BCUT2D eigenvalue weighted by Crippen LogP contribution is 2.26. The Hall–Kier alpha value is -2.13. The van der Waals surface area contributed by atoms with E-state index < -0.39 is 0 Å². The molecule has 21 heavy (non-hydrogen) atoms. The minimum absolute atomic E-state index is 0.478. The fourth-order valence-electron chi connectivity index (χ4n) is 2.55. The van der Waals surface area contributed by atoms with Gasteiger partial charge in [0.15, 0.2) is 0 Å². The Bertz CT molecular complexity index is 780. The Labute approximate surface area is 128 Å². The number of benzene rings is 2. The number of aryl methyl sites for hydroxylation is 1. The standard InChI is InChI=1S/C17H17ClN2O/c1-2-20-14(10-12-9-13(19)7-8-16(12)20)11-21-17-6-4-3-5-15(17)18/h3-10H,2,11,19H2,1H3. The molecular weight excluding hydrogens is 284 g/mol. The van der Waals surface area contributed by atoms with Crippen LogP contribution in [0.25, 0.3) is 10.9 Å². The highest BCUT2D eigenvalue weighted by molar-refractivity contribution is 6.32. The molecule has 1 aromatic heterocycles. The van der Waals surface area contributed by atoms with Crippen LogP contribution in [0.3, 0.4) is 0 Å². The summed E-state index contributed by atoms with van der Waals surface area (Å²) in [5.74, 6) is 0.701. The Morgan fingerprint density at radius 3 is 2.71 bits per heavy atom. The summed E-state index contributed by atoms with van der Waals surface area (Å²) in [5.41, 5.74) is 8.90. The maximum atomic E-state index is 6.12. The van der Waals surface area contributed by atoms with E-state index >= 15 is 0 Å². The van der Waals surface area contributed by atoms with Gasteiger partial charge in [-0.3, -0.25) is 0 Å². The second kappa shape index (κ2) is 5.70. The van der Waals surface area contributed by atoms with E-state index in [0.717, 1.165) is 23.3 Å². The van der Waals surface area contributed by atoms with Crippen LogP contribution in [0.5, 0.6) is 5.75 Å². The lowest BCUT2D eigenvalue weighted by Crippen LogP contribution is -2.04. The van der Waals surface area contributed by atoms with Crippen molar-refractivity contribution in [3.05, 3.63) is 59.2 Å². The molecule has 2 aromatic carbocycles. The molecule has 3 rings (SSSR count). The number of halogens is 1. The van der Waals surface area contributed by atoms with Gasteiger partial charge < -0.3 is 15.0 Å². The summed E-state index contributed by atoms with van der Waals surface area (Å²) in [6.07, 6.45) is 0. The Morgan fingerprint density at radius 2 is 1.95 bits per heavy atom.